The summed E-state index contributed by atoms with van der Waals surface area (Å²) in [5.41, 5.74) is 2.07. The Hall–Kier alpha value is -2.54. The van der Waals surface area contributed by atoms with Gasteiger partial charge in [-0.2, -0.15) is 0 Å². The van der Waals surface area contributed by atoms with Gasteiger partial charge in [-0.3, -0.25) is 9.78 Å². The normalized spacial score (nSPS) is 11.4. The maximum atomic E-state index is 12.0. The van der Waals surface area contributed by atoms with Gasteiger partial charge < -0.3 is 10.1 Å². The van der Waals surface area contributed by atoms with E-state index in [2.05, 4.69) is 36.1 Å². The number of para-hydroxylation sites is 1. The van der Waals surface area contributed by atoms with Crippen LogP contribution in [0.4, 0.5) is 5.69 Å². The highest BCUT2D eigenvalue weighted by atomic mass is 79.9. The van der Waals surface area contributed by atoms with Crippen LogP contribution in [0.2, 0.25) is 0 Å². The number of H-pyrrole nitrogens is 1. The molecule has 2 heterocycles. The lowest BCUT2D eigenvalue weighted by atomic mass is 10.2. The van der Waals surface area contributed by atoms with Crippen LogP contribution in [-0.2, 0) is 0 Å². The summed E-state index contributed by atoms with van der Waals surface area (Å²) in [4.78, 5) is 18.8. The number of halogens is 1. The largest absolute Gasteiger partial charge is 0.493 e. The first-order valence-corrected chi connectivity index (χ1v) is 7.23. The summed E-state index contributed by atoms with van der Waals surface area (Å²) in [5, 5.41) is 18.1. The zero-order valence-corrected chi connectivity index (χ0v) is 13.1. The third kappa shape index (κ3) is 2.62. The zero-order valence-electron chi connectivity index (χ0n) is 11.5. The van der Waals surface area contributed by atoms with Gasteiger partial charge in [-0.1, -0.05) is 12.1 Å². The topological polar surface area (TPSA) is 90.7 Å². The summed E-state index contributed by atoms with van der Waals surface area (Å²) < 4.78 is 0.788. The number of hydrogen-bond donors (Lipinski definition) is 2. The Balaban J connectivity index is 1.96. The number of nitrogens with zero attached hydrogens (tertiary/aromatic N) is 3. The lowest BCUT2D eigenvalue weighted by Crippen LogP contribution is -1.95. The molecule has 22 heavy (non-hydrogen) atoms. The number of nitrogens with one attached hydrogen (secondary N) is 1. The molecule has 2 N–H and O–H groups in total. The highest BCUT2D eigenvalue weighted by Gasteiger charge is 2.13. The molecule has 0 fully saturated rings. The SMILES string of the molecule is Cc1ccc(C(=O)N=Nc2c(O)[nH]c3c(Br)cccc23)cn1. The first kappa shape index (κ1) is 14.4. The van der Waals surface area contributed by atoms with Crippen LogP contribution in [0.15, 0.2) is 51.2 Å². The van der Waals surface area contributed by atoms with Crippen molar-refractivity contribution in [3.63, 3.8) is 0 Å². The molecule has 0 aliphatic heterocycles. The third-order valence-electron chi connectivity index (χ3n) is 3.14. The number of carbonyl (C=O) groups is 1. The standard InChI is InChI=1S/C15H11BrN4O2/c1-8-5-6-9(7-17-8)14(21)20-19-13-10-3-2-4-11(16)12(10)18-15(13)22/h2-7,18,22H,1H3. The smallest absolute Gasteiger partial charge is 0.296 e. The van der Waals surface area contributed by atoms with Crippen LogP contribution in [0.25, 0.3) is 10.9 Å². The molecule has 0 radical (unpaired) electrons. The van der Waals surface area contributed by atoms with Gasteiger partial charge in [0.2, 0.25) is 5.88 Å². The molecule has 0 saturated heterocycles. The first-order chi connectivity index (χ1) is 10.6. The number of fused-ring (bicyclic) bond motifs is 1. The molecule has 0 aliphatic carbocycles. The molecule has 0 spiro atoms. The van der Waals surface area contributed by atoms with Crippen LogP contribution in [0, 0.1) is 6.92 Å². The van der Waals surface area contributed by atoms with Gasteiger partial charge in [-0.25, -0.2) is 0 Å². The molecule has 0 saturated carbocycles. The molecule has 0 unspecified atom stereocenters. The number of rotatable bonds is 2. The number of azo groups is 1. The minimum atomic E-state index is -0.517. The number of pyridine rings is 1. The van der Waals surface area contributed by atoms with E-state index in [-0.39, 0.29) is 11.6 Å². The van der Waals surface area contributed by atoms with Crippen LogP contribution >= 0.6 is 15.9 Å². The van der Waals surface area contributed by atoms with Crippen molar-refractivity contribution in [2.75, 3.05) is 0 Å². The van der Waals surface area contributed by atoms with Crippen LogP contribution in [0.3, 0.4) is 0 Å². The number of hydrogen-bond acceptors (Lipinski definition) is 4. The molecule has 2 aromatic heterocycles. The molecule has 1 amide bonds. The van der Waals surface area contributed by atoms with Crippen molar-refractivity contribution < 1.29 is 9.90 Å². The molecule has 6 nitrogen and oxygen atoms in total. The van der Waals surface area contributed by atoms with Crippen molar-refractivity contribution in [1.29, 1.82) is 0 Å². The predicted octanol–water partition coefficient (Wildman–Crippen LogP) is 4.26. The van der Waals surface area contributed by atoms with Gasteiger partial charge in [0.15, 0.2) is 5.69 Å². The number of aromatic amines is 1. The van der Waals surface area contributed by atoms with E-state index in [9.17, 15) is 9.90 Å². The van der Waals surface area contributed by atoms with E-state index in [1.165, 1.54) is 6.20 Å². The summed E-state index contributed by atoms with van der Waals surface area (Å²) in [7, 11) is 0. The van der Waals surface area contributed by atoms with E-state index < -0.39 is 5.91 Å². The fourth-order valence-corrected chi connectivity index (χ4v) is 2.47. The Bertz CT molecular complexity index is 884. The molecule has 0 atom stereocenters. The van der Waals surface area contributed by atoms with Gasteiger partial charge in [0.1, 0.15) is 0 Å². The van der Waals surface area contributed by atoms with Crippen molar-refractivity contribution in [2.45, 2.75) is 6.92 Å². The van der Waals surface area contributed by atoms with E-state index >= 15 is 0 Å². The van der Waals surface area contributed by atoms with E-state index in [0.29, 0.717) is 16.5 Å². The van der Waals surface area contributed by atoms with E-state index in [1.807, 2.05) is 19.1 Å². The zero-order chi connectivity index (χ0) is 15.7. The molecule has 3 rings (SSSR count). The van der Waals surface area contributed by atoms with Gasteiger partial charge in [-0.05, 0) is 41.1 Å². The average Bonchev–Trinajstić information content (AvgIpc) is 2.83. The second-order valence-electron chi connectivity index (χ2n) is 4.68. The van der Waals surface area contributed by atoms with Gasteiger partial charge in [0.05, 0.1) is 11.1 Å². The molecule has 7 heteroatoms. The molecular formula is C15H11BrN4O2. The van der Waals surface area contributed by atoms with E-state index in [1.54, 1.807) is 18.2 Å². The van der Waals surface area contributed by atoms with Crippen molar-refractivity contribution in [1.82, 2.24) is 9.97 Å². The minimum absolute atomic E-state index is 0.138. The predicted molar refractivity (Wildman–Crippen MR) is 85.5 cm³/mol. The van der Waals surface area contributed by atoms with Gasteiger partial charge in [0, 0.05) is 21.7 Å². The lowest BCUT2D eigenvalue weighted by Gasteiger charge is -1.95. The average molecular weight is 359 g/mol. The van der Waals surface area contributed by atoms with Crippen LogP contribution in [0.1, 0.15) is 16.1 Å². The van der Waals surface area contributed by atoms with Crippen molar-refractivity contribution >= 4 is 38.4 Å². The highest BCUT2D eigenvalue weighted by Crippen LogP contribution is 2.38. The van der Waals surface area contributed by atoms with Crippen molar-refractivity contribution in [2.24, 2.45) is 10.2 Å². The quantitative estimate of drug-likeness (QED) is 0.670. The summed E-state index contributed by atoms with van der Waals surface area (Å²) >= 11 is 3.38. The molecule has 110 valence electrons. The monoisotopic (exact) mass is 358 g/mol. The van der Waals surface area contributed by atoms with Crippen molar-refractivity contribution in [3.05, 3.63) is 52.3 Å². The molecular weight excluding hydrogens is 348 g/mol. The number of aromatic hydroxyl groups is 1. The first-order valence-electron chi connectivity index (χ1n) is 6.44. The Morgan fingerprint density at radius 2 is 2.14 bits per heavy atom. The Labute approximate surface area is 134 Å². The second kappa shape index (κ2) is 5.69. The molecule has 0 aliphatic rings. The fourth-order valence-electron chi connectivity index (χ4n) is 2.00. The summed E-state index contributed by atoms with van der Waals surface area (Å²) in [6, 6.07) is 8.79. The van der Waals surface area contributed by atoms with E-state index in [4.69, 9.17) is 0 Å². The van der Waals surface area contributed by atoms with Crippen LogP contribution < -0.4 is 0 Å². The van der Waals surface area contributed by atoms with E-state index in [0.717, 1.165) is 10.2 Å². The number of aromatic nitrogens is 2. The number of amides is 1. The molecule has 0 bridgehead atoms. The van der Waals surface area contributed by atoms with Gasteiger partial charge in [-0.15, -0.1) is 10.2 Å². The van der Waals surface area contributed by atoms with Gasteiger partial charge >= 0.3 is 0 Å². The number of benzene rings is 1. The maximum Gasteiger partial charge on any atom is 0.296 e. The Kier molecular flexibility index (Phi) is 3.72. The third-order valence-corrected chi connectivity index (χ3v) is 3.80. The minimum Gasteiger partial charge on any atom is -0.493 e. The summed E-state index contributed by atoms with van der Waals surface area (Å²) in [5.74, 6) is -0.656. The van der Waals surface area contributed by atoms with Crippen molar-refractivity contribution in [3.8, 4) is 5.88 Å². The van der Waals surface area contributed by atoms with Gasteiger partial charge in [0.25, 0.3) is 5.91 Å². The molecule has 3 aromatic rings. The maximum absolute atomic E-state index is 12.0. The number of carbonyl (C=O) groups excluding carboxylic acids is 1. The van der Waals surface area contributed by atoms with Crippen LogP contribution in [0.5, 0.6) is 5.88 Å². The fraction of sp³-hybridized carbons (Fsp3) is 0.0667. The molecule has 1 aromatic carbocycles. The highest BCUT2D eigenvalue weighted by molar-refractivity contribution is 9.10. The lowest BCUT2D eigenvalue weighted by molar-refractivity contribution is 0.0994. The Morgan fingerprint density at radius 3 is 2.86 bits per heavy atom. The summed E-state index contributed by atoms with van der Waals surface area (Å²) in [6.45, 7) is 1.83. The van der Waals surface area contributed by atoms with Crippen LogP contribution in [-0.4, -0.2) is 21.0 Å². The summed E-state index contributed by atoms with van der Waals surface area (Å²) in [6.07, 6.45) is 1.45. The second-order valence-corrected chi connectivity index (χ2v) is 5.53. The Morgan fingerprint density at radius 1 is 1.32 bits per heavy atom. The number of aryl methyl sites for hydroxylation is 1.